The first-order chi connectivity index (χ1) is 13.1. The van der Waals surface area contributed by atoms with Gasteiger partial charge >= 0.3 is 0 Å². The van der Waals surface area contributed by atoms with Gasteiger partial charge in [0.05, 0.1) is 17.8 Å². The highest BCUT2D eigenvalue weighted by molar-refractivity contribution is 6.04. The molecule has 1 saturated carbocycles. The van der Waals surface area contributed by atoms with E-state index in [0.29, 0.717) is 6.04 Å². The molecular weight excluding hydrogens is 340 g/mol. The topological polar surface area (TPSA) is 102 Å². The largest absolute Gasteiger partial charge is 0.393 e. The van der Waals surface area contributed by atoms with Crippen LogP contribution in [0.25, 0.3) is 0 Å². The summed E-state index contributed by atoms with van der Waals surface area (Å²) in [6.45, 7) is 1.77. The maximum absolute atomic E-state index is 9.70. The molecule has 7 nitrogen and oxygen atoms in total. The number of aromatic amines is 1. The summed E-state index contributed by atoms with van der Waals surface area (Å²) in [5, 5.41) is 16.5. The van der Waals surface area contributed by atoms with Gasteiger partial charge < -0.3 is 25.6 Å². The molecule has 6 N–H and O–H groups in total. The van der Waals surface area contributed by atoms with Gasteiger partial charge in [0.15, 0.2) is 11.6 Å². The molecule has 7 heteroatoms. The van der Waals surface area contributed by atoms with Gasteiger partial charge in [0.1, 0.15) is 5.69 Å². The molecule has 0 bridgehead atoms. The number of hydrogen-bond donors (Lipinski definition) is 5. The number of rotatable bonds is 3. The van der Waals surface area contributed by atoms with E-state index in [9.17, 15) is 5.11 Å². The van der Waals surface area contributed by atoms with Crippen LogP contribution in [0.1, 0.15) is 36.9 Å². The van der Waals surface area contributed by atoms with Crippen LogP contribution in [0.15, 0.2) is 41.5 Å². The minimum Gasteiger partial charge on any atom is -0.393 e. The van der Waals surface area contributed by atoms with Crippen molar-refractivity contribution < 1.29 is 5.11 Å². The normalized spacial score (nSPS) is 27.2. The Balaban J connectivity index is 1.40. The number of fused-ring (bicyclic) bond motifs is 1. The Morgan fingerprint density at radius 1 is 1.04 bits per heavy atom. The van der Waals surface area contributed by atoms with Crippen LogP contribution in [0, 0.1) is 0 Å². The Hall–Kier alpha value is -2.51. The highest BCUT2D eigenvalue weighted by atomic mass is 16.3. The molecule has 0 radical (unpaired) electrons. The average molecular weight is 366 g/mol. The fourth-order valence-electron chi connectivity index (χ4n) is 3.85. The summed E-state index contributed by atoms with van der Waals surface area (Å²) in [4.78, 5) is 10.4. The number of benzene rings is 1. The fourth-order valence-corrected chi connectivity index (χ4v) is 3.85. The van der Waals surface area contributed by atoms with Gasteiger partial charge in [-0.3, -0.25) is 10.7 Å². The molecule has 2 aliphatic heterocycles. The Kier molecular flexibility index (Phi) is 3.87. The molecule has 0 amide bonds. The van der Waals surface area contributed by atoms with Crippen molar-refractivity contribution >= 4 is 17.2 Å². The SMILES string of the molecule is NC1(c2ccc(N3CCC(O)CC3)cc2)NC(=NC2CC2)c2[nH]ccc2N1. The molecule has 1 aliphatic carbocycles. The van der Waals surface area contributed by atoms with E-state index in [2.05, 4.69) is 44.8 Å². The van der Waals surface area contributed by atoms with E-state index in [-0.39, 0.29) is 6.10 Å². The molecule has 1 atom stereocenters. The van der Waals surface area contributed by atoms with E-state index in [1.54, 1.807) is 0 Å². The highest BCUT2D eigenvalue weighted by Crippen LogP contribution is 2.31. The smallest absolute Gasteiger partial charge is 0.190 e. The van der Waals surface area contributed by atoms with Crippen molar-refractivity contribution in [1.29, 1.82) is 0 Å². The van der Waals surface area contributed by atoms with E-state index in [4.69, 9.17) is 10.7 Å². The van der Waals surface area contributed by atoms with Crippen molar-refractivity contribution in [2.24, 2.45) is 10.7 Å². The number of nitrogens with zero attached hydrogens (tertiary/aromatic N) is 2. The first kappa shape index (κ1) is 16.6. The maximum atomic E-state index is 9.70. The molecule has 5 rings (SSSR count). The third kappa shape index (κ3) is 3.17. The number of H-pyrrole nitrogens is 1. The van der Waals surface area contributed by atoms with Crippen LogP contribution < -0.4 is 21.3 Å². The van der Waals surface area contributed by atoms with E-state index in [1.165, 1.54) is 5.69 Å². The molecule has 27 heavy (non-hydrogen) atoms. The number of aliphatic hydroxyl groups is 1. The van der Waals surface area contributed by atoms with E-state index in [0.717, 1.165) is 61.6 Å². The molecule has 1 aromatic carbocycles. The highest BCUT2D eigenvalue weighted by Gasteiger charge is 2.36. The summed E-state index contributed by atoms with van der Waals surface area (Å²) in [6, 6.07) is 10.7. The van der Waals surface area contributed by atoms with Crippen LogP contribution in [0.5, 0.6) is 0 Å². The van der Waals surface area contributed by atoms with Crippen molar-refractivity contribution in [3.8, 4) is 0 Å². The number of amidine groups is 1. The number of aliphatic hydroxyl groups excluding tert-OH is 1. The predicted octanol–water partition coefficient (Wildman–Crippen LogP) is 1.67. The molecule has 142 valence electrons. The predicted molar refractivity (Wildman–Crippen MR) is 107 cm³/mol. The van der Waals surface area contributed by atoms with Gasteiger partial charge in [-0.05, 0) is 43.9 Å². The van der Waals surface area contributed by atoms with Gasteiger partial charge in [0.25, 0.3) is 0 Å². The zero-order valence-electron chi connectivity index (χ0n) is 15.3. The Morgan fingerprint density at radius 3 is 2.48 bits per heavy atom. The van der Waals surface area contributed by atoms with Crippen LogP contribution >= 0.6 is 0 Å². The molecular formula is C20H26N6O. The van der Waals surface area contributed by atoms with Crippen LogP contribution in [-0.4, -0.2) is 41.2 Å². The maximum Gasteiger partial charge on any atom is 0.190 e. The lowest BCUT2D eigenvalue weighted by Gasteiger charge is -2.38. The first-order valence-corrected chi connectivity index (χ1v) is 9.75. The number of anilines is 2. The first-order valence-electron chi connectivity index (χ1n) is 9.75. The summed E-state index contributed by atoms with van der Waals surface area (Å²) in [5.41, 5.74) is 10.8. The van der Waals surface area contributed by atoms with E-state index >= 15 is 0 Å². The number of hydrogen-bond acceptors (Lipinski definition) is 5. The minimum absolute atomic E-state index is 0.164. The Labute approximate surface area is 158 Å². The van der Waals surface area contributed by atoms with Crippen molar-refractivity contribution in [3.05, 3.63) is 47.8 Å². The van der Waals surface area contributed by atoms with Gasteiger partial charge in [-0.1, -0.05) is 12.1 Å². The summed E-state index contributed by atoms with van der Waals surface area (Å²) in [5.74, 6) is -0.0765. The van der Waals surface area contributed by atoms with E-state index < -0.39 is 5.79 Å². The van der Waals surface area contributed by atoms with Crippen molar-refractivity contribution in [2.45, 2.75) is 43.6 Å². The van der Waals surface area contributed by atoms with Crippen LogP contribution in [0.2, 0.25) is 0 Å². The van der Waals surface area contributed by atoms with Gasteiger partial charge in [0, 0.05) is 30.5 Å². The third-order valence-corrected chi connectivity index (χ3v) is 5.64. The summed E-state index contributed by atoms with van der Waals surface area (Å²) >= 11 is 0. The second kappa shape index (κ2) is 6.28. The molecule has 1 saturated heterocycles. The van der Waals surface area contributed by atoms with Gasteiger partial charge in [-0.25, -0.2) is 0 Å². The lowest BCUT2D eigenvalue weighted by Crippen LogP contribution is -2.61. The quantitative estimate of drug-likeness (QED) is 0.569. The second-order valence-electron chi connectivity index (χ2n) is 7.80. The number of piperidine rings is 1. The Bertz CT molecular complexity index is 848. The summed E-state index contributed by atoms with van der Waals surface area (Å²) < 4.78 is 0. The zero-order chi connectivity index (χ0) is 18.4. The van der Waals surface area contributed by atoms with E-state index in [1.807, 2.05) is 12.3 Å². The van der Waals surface area contributed by atoms with Crippen LogP contribution in [0.3, 0.4) is 0 Å². The van der Waals surface area contributed by atoms with Gasteiger partial charge in [-0.15, -0.1) is 0 Å². The van der Waals surface area contributed by atoms with Crippen molar-refractivity contribution in [2.75, 3.05) is 23.3 Å². The molecule has 1 aromatic heterocycles. The average Bonchev–Trinajstić information content (AvgIpc) is 3.36. The second-order valence-corrected chi connectivity index (χ2v) is 7.80. The summed E-state index contributed by atoms with van der Waals surface area (Å²) in [7, 11) is 0. The monoisotopic (exact) mass is 366 g/mol. The molecule has 2 fully saturated rings. The van der Waals surface area contributed by atoms with Crippen LogP contribution in [0.4, 0.5) is 11.4 Å². The van der Waals surface area contributed by atoms with Crippen LogP contribution in [-0.2, 0) is 5.79 Å². The number of aromatic nitrogens is 1. The molecule has 3 aliphatic rings. The third-order valence-electron chi connectivity index (χ3n) is 5.64. The molecule has 3 heterocycles. The standard InChI is InChI=1S/C20H26N6O/c21-20(13-1-5-15(6-2-13)26-11-8-16(27)9-12-26)24-17-7-10-22-18(17)19(25-20)23-14-3-4-14/h1-2,5-7,10,14,16,22,24,27H,3-4,8-9,11-12,21H2,(H,23,25). The lowest BCUT2D eigenvalue weighted by atomic mass is 10.0. The van der Waals surface area contributed by atoms with Gasteiger partial charge in [0.2, 0.25) is 0 Å². The number of nitrogens with two attached hydrogens (primary N) is 1. The molecule has 1 unspecified atom stereocenters. The Morgan fingerprint density at radius 2 is 1.78 bits per heavy atom. The molecule has 0 spiro atoms. The zero-order valence-corrected chi connectivity index (χ0v) is 15.3. The van der Waals surface area contributed by atoms with Crippen molar-refractivity contribution in [1.82, 2.24) is 10.3 Å². The number of aliphatic imine (C=N–C) groups is 1. The molecule has 2 aromatic rings. The van der Waals surface area contributed by atoms with Gasteiger partial charge in [-0.2, -0.15) is 0 Å². The lowest BCUT2D eigenvalue weighted by molar-refractivity contribution is 0.145. The minimum atomic E-state index is -0.903. The summed E-state index contributed by atoms with van der Waals surface area (Å²) in [6.07, 6.45) is 5.67. The number of nitrogens with one attached hydrogen (secondary N) is 3. The fraction of sp³-hybridized carbons (Fsp3) is 0.450. The van der Waals surface area contributed by atoms with Crippen molar-refractivity contribution in [3.63, 3.8) is 0 Å².